The third-order valence-corrected chi connectivity index (χ3v) is 2.06. The molecule has 2 rings (SSSR count). The molecular formula is C8H5FN2S. The van der Waals surface area contributed by atoms with Gasteiger partial charge in [0.05, 0.1) is 5.69 Å². The van der Waals surface area contributed by atoms with Crippen molar-refractivity contribution < 1.29 is 4.39 Å². The van der Waals surface area contributed by atoms with Gasteiger partial charge < -0.3 is 0 Å². The lowest BCUT2D eigenvalue weighted by atomic mass is 10.2. The molecule has 0 atom stereocenters. The van der Waals surface area contributed by atoms with E-state index in [2.05, 4.69) is 9.97 Å². The third-order valence-electron chi connectivity index (χ3n) is 1.43. The molecule has 0 aliphatic rings. The standard InChI is InChI=1S/C8H5FN2S/c9-8-11-7(5-12-8)6-2-1-3-10-4-6/h1-5H. The average Bonchev–Trinajstić information content (AvgIpc) is 2.54. The van der Waals surface area contributed by atoms with Gasteiger partial charge in [0.15, 0.2) is 0 Å². The van der Waals surface area contributed by atoms with E-state index in [4.69, 9.17) is 0 Å². The molecule has 0 saturated carbocycles. The zero-order valence-electron chi connectivity index (χ0n) is 6.07. The average molecular weight is 180 g/mol. The van der Waals surface area contributed by atoms with Gasteiger partial charge in [-0.25, -0.2) is 4.98 Å². The lowest BCUT2D eigenvalue weighted by Crippen LogP contribution is -1.78. The molecule has 0 spiro atoms. The quantitative estimate of drug-likeness (QED) is 0.673. The molecule has 2 heterocycles. The maximum Gasteiger partial charge on any atom is 0.269 e. The SMILES string of the molecule is Fc1nc(-c2cccnc2)cs1. The third kappa shape index (κ3) is 1.33. The van der Waals surface area contributed by atoms with Gasteiger partial charge in [-0.3, -0.25) is 4.98 Å². The highest BCUT2D eigenvalue weighted by Crippen LogP contribution is 2.19. The fourth-order valence-corrected chi connectivity index (χ4v) is 1.45. The molecule has 0 amide bonds. The fraction of sp³-hybridized carbons (Fsp3) is 0. The van der Waals surface area contributed by atoms with Gasteiger partial charge in [-0.15, -0.1) is 0 Å². The van der Waals surface area contributed by atoms with Gasteiger partial charge in [-0.05, 0) is 12.1 Å². The van der Waals surface area contributed by atoms with E-state index in [1.165, 1.54) is 0 Å². The minimum atomic E-state index is -0.408. The first-order valence-electron chi connectivity index (χ1n) is 3.38. The fourth-order valence-electron chi connectivity index (χ4n) is 0.899. The van der Waals surface area contributed by atoms with Crippen LogP contribution in [0.25, 0.3) is 11.3 Å². The summed E-state index contributed by atoms with van der Waals surface area (Å²) in [6.45, 7) is 0. The van der Waals surface area contributed by atoms with Crippen molar-refractivity contribution in [1.82, 2.24) is 9.97 Å². The highest BCUT2D eigenvalue weighted by atomic mass is 32.1. The van der Waals surface area contributed by atoms with Gasteiger partial charge >= 0.3 is 0 Å². The maximum absolute atomic E-state index is 12.5. The van der Waals surface area contributed by atoms with E-state index in [9.17, 15) is 4.39 Å². The Hall–Kier alpha value is -1.29. The van der Waals surface area contributed by atoms with Crippen molar-refractivity contribution in [2.75, 3.05) is 0 Å². The second-order valence-electron chi connectivity index (χ2n) is 2.23. The van der Waals surface area contributed by atoms with E-state index in [0.717, 1.165) is 16.9 Å². The van der Waals surface area contributed by atoms with Gasteiger partial charge in [0.1, 0.15) is 0 Å². The van der Waals surface area contributed by atoms with Crippen molar-refractivity contribution >= 4 is 11.3 Å². The zero-order valence-corrected chi connectivity index (χ0v) is 6.88. The molecule has 0 radical (unpaired) electrons. The smallest absolute Gasteiger partial charge is 0.264 e. The largest absolute Gasteiger partial charge is 0.269 e. The summed E-state index contributed by atoms with van der Waals surface area (Å²) in [5.41, 5.74) is 1.49. The molecule has 2 aromatic heterocycles. The molecule has 0 bridgehead atoms. The van der Waals surface area contributed by atoms with Crippen LogP contribution in [-0.4, -0.2) is 9.97 Å². The van der Waals surface area contributed by atoms with E-state index < -0.39 is 5.26 Å². The van der Waals surface area contributed by atoms with Crippen molar-refractivity contribution in [3.05, 3.63) is 35.2 Å². The Morgan fingerprint density at radius 3 is 2.92 bits per heavy atom. The van der Waals surface area contributed by atoms with Crippen LogP contribution in [0, 0.1) is 5.26 Å². The Morgan fingerprint density at radius 2 is 2.33 bits per heavy atom. The molecular weight excluding hydrogens is 175 g/mol. The summed E-state index contributed by atoms with van der Waals surface area (Å²) in [5.74, 6) is 0. The normalized spacial score (nSPS) is 10.1. The number of hydrogen-bond donors (Lipinski definition) is 0. The van der Waals surface area contributed by atoms with Crippen LogP contribution in [0.15, 0.2) is 29.9 Å². The van der Waals surface area contributed by atoms with Crippen LogP contribution < -0.4 is 0 Å². The molecule has 12 heavy (non-hydrogen) atoms. The summed E-state index contributed by atoms with van der Waals surface area (Å²) < 4.78 is 12.5. The van der Waals surface area contributed by atoms with Gasteiger partial charge in [-0.2, -0.15) is 4.39 Å². The van der Waals surface area contributed by atoms with Crippen molar-refractivity contribution in [1.29, 1.82) is 0 Å². The van der Waals surface area contributed by atoms with Crippen molar-refractivity contribution in [3.63, 3.8) is 0 Å². The predicted octanol–water partition coefficient (Wildman–Crippen LogP) is 2.34. The summed E-state index contributed by atoms with van der Waals surface area (Å²) in [6.07, 6.45) is 3.33. The molecule has 0 aromatic carbocycles. The van der Waals surface area contributed by atoms with Crippen LogP contribution in [-0.2, 0) is 0 Å². The van der Waals surface area contributed by atoms with Gasteiger partial charge in [0.25, 0.3) is 5.26 Å². The van der Waals surface area contributed by atoms with E-state index >= 15 is 0 Å². The van der Waals surface area contributed by atoms with Crippen LogP contribution >= 0.6 is 11.3 Å². The molecule has 0 unspecified atom stereocenters. The monoisotopic (exact) mass is 180 g/mol. The maximum atomic E-state index is 12.5. The molecule has 0 fully saturated rings. The topological polar surface area (TPSA) is 25.8 Å². The minimum absolute atomic E-state index is 0.408. The van der Waals surface area contributed by atoms with Crippen LogP contribution in [0.3, 0.4) is 0 Å². The highest BCUT2D eigenvalue weighted by molar-refractivity contribution is 7.08. The lowest BCUT2D eigenvalue weighted by Gasteiger charge is -1.91. The first kappa shape index (κ1) is 7.36. The number of rotatable bonds is 1. The van der Waals surface area contributed by atoms with E-state index in [1.54, 1.807) is 23.8 Å². The number of nitrogens with zero attached hydrogens (tertiary/aromatic N) is 2. The minimum Gasteiger partial charge on any atom is -0.264 e. The summed E-state index contributed by atoms with van der Waals surface area (Å²) in [5, 5.41) is 1.26. The van der Waals surface area contributed by atoms with Crippen molar-refractivity contribution in [3.8, 4) is 11.3 Å². The van der Waals surface area contributed by atoms with E-state index in [1.807, 2.05) is 6.07 Å². The second kappa shape index (κ2) is 2.98. The summed E-state index contributed by atoms with van der Waals surface area (Å²) in [4.78, 5) is 7.61. The Kier molecular flexibility index (Phi) is 1.83. The first-order chi connectivity index (χ1) is 5.86. The Bertz CT molecular complexity index is 372. The number of pyridine rings is 1. The second-order valence-corrected chi connectivity index (χ2v) is 3.04. The van der Waals surface area contributed by atoms with E-state index in [-0.39, 0.29) is 0 Å². The van der Waals surface area contributed by atoms with Crippen molar-refractivity contribution in [2.24, 2.45) is 0 Å². The zero-order chi connectivity index (χ0) is 8.39. The number of thiazole rings is 1. The van der Waals surface area contributed by atoms with Gasteiger partial charge in [0.2, 0.25) is 0 Å². The van der Waals surface area contributed by atoms with Crippen molar-refractivity contribution in [2.45, 2.75) is 0 Å². The number of hydrogen-bond acceptors (Lipinski definition) is 3. The van der Waals surface area contributed by atoms with Crippen LogP contribution in [0.5, 0.6) is 0 Å². The summed E-state index contributed by atoms with van der Waals surface area (Å²) in [7, 11) is 0. The van der Waals surface area contributed by atoms with E-state index in [0.29, 0.717) is 5.69 Å². The first-order valence-corrected chi connectivity index (χ1v) is 4.25. The van der Waals surface area contributed by atoms with Gasteiger partial charge in [0, 0.05) is 23.3 Å². The molecule has 0 aliphatic carbocycles. The molecule has 0 N–H and O–H groups in total. The van der Waals surface area contributed by atoms with Crippen LogP contribution in [0.4, 0.5) is 4.39 Å². The molecule has 0 saturated heterocycles. The highest BCUT2D eigenvalue weighted by Gasteiger charge is 2.02. The van der Waals surface area contributed by atoms with Crippen LogP contribution in [0.2, 0.25) is 0 Å². The molecule has 0 aliphatic heterocycles. The summed E-state index contributed by atoms with van der Waals surface area (Å²) >= 11 is 0.994. The molecule has 60 valence electrons. The lowest BCUT2D eigenvalue weighted by molar-refractivity contribution is 0.618. The Morgan fingerprint density at radius 1 is 1.42 bits per heavy atom. The number of aromatic nitrogens is 2. The molecule has 2 nitrogen and oxygen atoms in total. The van der Waals surface area contributed by atoms with Gasteiger partial charge in [-0.1, -0.05) is 11.3 Å². The predicted molar refractivity (Wildman–Crippen MR) is 45.3 cm³/mol. The number of halogens is 1. The van der Waals surface area contributed by atoms with Crippen LogP contribution in [0.1, 0.15) is 0 Å². The molecule has 4 heteroatoms. The molecule has 2 aromatic rings. The Labute approximate surface area is 72.7 Å². The Balaban J connectivity index is 2.45. The summed E-state index contributed by atoms with van der Waals surface area (Å²) in [6, 6.07) is 3.65.